The number of halogens is 1. The maximum atomic E-state index is 13.8. The summed E-state index contributed by atoms with van der Waals surface area (Å²) in [6.45, 7) is 4.06. The van der Waals surface area contributed by atoms with Gasteiger partial charge in [0, 0.05) is 19.1 Å². The van der Waals surface area contributed by atoms with E-state index in [2.05, 4.69) is 23.9 Å². The molecular formula is C22H26FN3O. The molecule has 1 fully saturated rings. The standard InChI is InChI=1S/C22H26FN3O/c1-25(2)20-10-12-26(16-20)11-3-13-27-21-8-6-17(7-9-21)18-4-5-19(15-24)22(23)14-18/h4-9,14,20H,3,10-13,16H2,1-2H3/t20-/m1/s1. The first kappa shape index (κ1) is 19.3. The molecule has 0 bridgehead atoms. The van der Waals surface area contributed by atoms with Crippen LogP contribution in [0.25, 0.3) is 11.1 Å². The van der Waals surface area contributed by atoms with Gasteiger partial charge in [-0.1, -0.05) is 18.2 Å². The van der Waals surface area contributed by atoms with Gasteiger partial charge in [-0.2, -0.15) is 5.26 Å². The van der Waals surface area contributed by atoms with E-state index in [4.69, 9.17) is 10.00 Å². The first-order valence-corrected chi connectivity index (χ1v) is 9.38. The fourth-order valence-electron chi connectivity index (χ4n) is 3.44. The van der Waals surface area contributed by atoms with Gasteiger partial charge in [-0.05, 0) is 68.9 Å². The van der Waals surface area contributed by atoms with Crippen molar-refractivity contribution in [3.8, 4) is 22.9 Å². The van der Waals surface area contributed by atoms with Crippen LogP contribution >= 0.6 is 0 Å². The summed E-state index contributed by atoms with van der Waals surface area (Å²) in [5.74, 6) is 0.328. The fraction of sp³-hybridized carbons (Fsp3) is 0.409. The Morgan fingerprint density at radius 2 is 1.93 bits per heavy atom. The first-order chi connectivity index (χ1) is 13.1. The zero-order chi connectivity index (χ0) is 19.2. The minimum Gasteiger partial charge on any atom is -0.494 e. The lowest BCUT2D eigenvalue weighted by Crippen LogP contribution is -2.32. The maximum absolute atomic E-state index is 13.8. The number of benzene rings is 2. The monoisotopic (exact) mass is 367 g/mol. The van der Waals surface area contributed by atoms with Crippen molar-refractivity contribution in [1.29, 1.82) is 5.26 Å². The Morgan fingerprint density at radius 3 is 2.56 bits per heavy atom. The van der Waals surface area contributed by atoms with Crippen LogP contribution in [0.5, 0.6) is 5.75 Å². The van der Waals surface area contributed by atoms with E-state index in [1.807, 2.05) is 30.3 Å². The number of likely N-dealkylation sites (tertiary alicyclic amines) is 1. The summed E-state index contributed by atoms with van der Waals surface area (Å²) in [5.41, 5.74) is 1.72. The van der Waals surface area contributed by atoms with Crippen molar-refractivity contribution < 1.29 is 9.13 Å². The largest absolute Gasteiger partial charge is 0.494 e. The normalized spacial score (nSPS) is 17.2. The smallest absolute Gasteiger partial charge is 0.141 e. The van der Waals surface area contributed by atoms with Gasteiger partial charge in [0.25, 0.3) is 0 Å². The van der Waals surface area contributed by atoms with Crippen molar-refractivity contribution in [2.45, 2.75) is 18.9 Å². The van der Waals surface area contributed by atoms with Crippen LogP contribution in [0.3, 0.4) is 0 Å². The molecule has 1 aliphatic rings. The van der Waals surface area contributed by atoms with Crippen molar-refractivity contribution in [1.82, 2.24) is 9.80 Å². The van der Waals surface area contributed by atoms with Crippen molar-refractivity contribution in [3.63, 3.8) is 0 Å². The molecule has 1 heterocycles. The van der Waals surface area contributed by atoms with Crippen LogP contribution in [0.4, 0.5) is 4.39 Å². The molecule has 2 aromatic carbocycles. The summed E-state index contributed by atoms with van der Waals surface area (Å²) < 4.78 is 19.6. The molecule has 1 saturated heterocycles. The van der Waals surface area contributed by atoms with Gasteiger partial charge in [0.05, 0.1) is 12.2 Å². The quantitative estimate of drug-likeness (QED) is 0.699. The third-order valence-electron chi connectivity index (χ3n) is 5.14. The molecule has 4 nitrogen and oxygen atoms in total. The van der Waals surface area contributed by atoms with Crippen molar-refractivity contribution in [3.05, 3.63) is 53.8 Å². The van der Waals surface area contributed by atoms with Gasteiger partial charge in [-0.25, -0.2) is 4.39 Å². The van der Waals surface area contributed by atoms with Crippen LogP contribution in [-0.4, -0.2) is 56.2 Å². The molecule has 1 aliphatic heterocycles. The molecule has 3 rings (SSSR count). The topological polar surface area (TPSA) is 39.5 Å². The maximum Gasteiger partial charge on any atom is 0.141 e. The third kappa shape index (κ3) is 5.06. The number of rotatable bonds is 7. The molecule has 0 radical (unpaired) electrons. The summed E-state index contributed by atoms with van der Waals surface area (Å²) in [5, 5.41) is 8.81. The molecule has 142 valence electrons. The Morgan fingerprint density at radius 1 is 1.19 bits per heavy atom. The Kier molecular flexibility index (Phi) is 6.44. The number of nitriles is 1. The van der Waals surface area contributed by atoms with Gasteiger partial charge in [0.2, 0.25) is 0 Å². The van der Waals surface area contributed by atoms with E-state index in [-0.39, 0.29) is 5.56 Å². The second kappa shape index (κ2) is 8.98. The Balaban J connectivity index is 1.46. The van der Waals surface area contributed by atoms with Gasteiger partial charge < -0.3 is 14.5 Å². The van der Waals surface area contributed by atoms with Crippen LogP contribution in [0.1, 0.15) is 18.4 Å². The van der Waals surface area contributed by atoms with Gasteiger partial charge in [0.1, 0.15) is 17.6 Å². The molecule has 0 amide bonds. The fourth-order valence-corrected chi connectivity index (χ4v) is 3.44. The van der Waals surface area contributed by atoms with E-state index in [0.717, 1.165) is 36.4 Å². The minimum absolute atomic E-state index is 0.0635. The second-order valence-corrected chi connectivity index (χ2v) is 7.24. The summed E-state index contributed by atoms with van der Waals surface area (Å²) in [7, 11) is 4.29. The zero-order valence-corrected chi connectivity index (χ0v) is 16.0. The molecule has 0 spiro atoms. The molecule has 0 saturated carbocycles. The van der Waals surface area contributed by atoms with Crippen LogP contribution in [0, 0.1) is 17.1 Å². The predicted molar refractivity (Wildman–Crippen MR) is 105 cm³/mol. The molecular weight excluding hydrogens is 341 g/mol. The van der Waals surface area contributed by atoms with Crippen LogP contribution < -0.4 is 4.74 Å². The molecule has 0 aliphatic carbocycles. The SMILES string of the molecule is CN(C)[C@@H]1CCN(CCCOc2ccc(-c3ccc(C#N)c(F)c3)cc2)C1. The number of ether oxygens (including phenoxy) is 1. The molecule has 5 heteroatoms. The van der Waals surface area contributed by atoms with Gasteiger partial charge in [-0.15, -0.1) is 0 Å². The summed E-state index contributed by atoms with van der Waals surface area (Å²) >= 11 is 0. The highest BCUT2D eigenvalue weighted by molar-refractivity contribution is 5.65. The number of hydrogen-bond donors (Lipinski definition) is 0. The van der Waals surface area contributed by atoms with Crippen molar-refractivity contribution in [2.24, 2.45) is 0 Å². The van der Waals surface area contributed by atoms with E-state index < -0.39 is 5.82 Å². The highest BCUT2D eigenvalue weighted by Crippen LogP contribution is 2.24. The summed E-state index contributed by atoms with van der Waals surface area (Å²) in [4.78, 5) is 4.80. The predicted octanol–water partition coefficient (Wildman–Crippen LogP) is 3.77. The second-order valence-electron chi connectivity index (χ2n) is 7.24. The van der Waals surface area contributed by atoms with Crippen molar-refractivity contribution >= 4 is 0 Å². The Hall–Kier alpha value is -2.42. The molecule has 0 N–H and O–H groups in total. The molecule has 27 heavy (non-hydrogen) atoms. The average Bonchev–Trinajstić information content (AvgIpc) is 3.15. The van der Waals surface area contributed by atoms with Crippen molar-refractivity contribution in [2.75, 3.05) is 40.3 Å². The minimum atomic E-state index is -0.492. The average molecular weight is 367 g/mol. The highest BCUT2D eigenvalue weighted by Gasteiger charge is 2.23. The van der Waals surface area contributed by atoms with E-state index in [0.29, 0.717) is 12.6 Å². The lowest BCUT2D eigenvalue weighted by Gasteiger charge is -2.20. The Labute approximate surface area is 160 Å². The number of likely N-dealkylation sites (N-methyl/N-ethyl adjacent to an activating group) is 1. The van der Waals surface area contributed by atoms with E-state index in [1.54, 1.807) is 6.07 Å². The van der Waals surface area contributed by atoms with Gasteiger partial charge in [0.15, 0.2) is 0 Å². The van der Waals surface area contributed by atoms with Gasteiger partial charge >= 0.3 is 0 Å². The molecule has 1 atom stereocenters. The van der Waals surface area contributed by atoms with Crippen LogP contribution in [0.15, 0.2) is 42.5 Å². The highest BCUT2D eigenvalue weighted by atomic mass is 19.1. The Bertz CT molecular complexity index is 798. The van der Waals surface area contributed by atoms with Gasteiger partial charge in [-0.3, -0.25) is 0 Å². The number of hydrogen-bond acceptors (Lipinski definition) is 4. The third-order valence-corrected chi connectivity index (χ3v) is 5.14. The van der Waals surface area contributed by atoms with E-state index in [9.17, 15) is 4.39 Å². The number of nitrogens with zero attached hydrogens (tertiary/aromatic N) is 3. The first-order valence-electron chi connectivity index (χ1n) is 9.38. The molecule has 0 unspecified atom stereocenters. The van der Waals surface area contributed by atoms with E-state index >= 15 is 0 Å². The van der Waals surface area contributed by atoms with E-state index in [1.165, 1.54) is 25.1 Å². The van der Waals surface area contributed by atoms with Crippen LogP contribution in [0.2, 0.25) is 0 Å². The molecule has 2 aromatic rings. The lowest BCUT2D eigenvalue weighted by molar-refractivity contribution is 0.242. The van der Waals surface area contributed by atoms with Crippen LogP contribution in [-0.2, 0) is 0 Å². The molecule has 0 aromatic heterocycles. The zero-order valence-electron chi connectivity index (χ0n) is 16.0. The summed E-state index contributed by atoms with van der Waals surface area (Å²) in [6.07, 6.45) is 2.24. The lowest BCUT2D eigenvalue weighted by atomic mass is 10.0. The summed E-state index contributed by atoms with van der Waals surface area (Å²) in [6, 6.07) is 14.8.